The van der Waals surface area contributed by atoms with Crippen LogP contribution >= 0.6 is 0 Å². The zero-order chi connectivity index (χ0) is 22.9. The maximum Gasteiger partial charge on any atom is 0.0618 e. The van der Waals surface area contributed by atoms with Gasteiger partial charge in [-0.1, -0.05) is 97.1 Å². The summed E-state index contributed by atoms with van der Waals surface area (Å²) in [5.74, 6) is 0. The SMILES string of the molecule is Cc1cccc(N(c2ccccc2)c2c3ccccc3c(C3=CCCC=C3)c3ccccc23)c1. The Balaban J connectivity index is 1.76. The normalized spacial score (nSPS) is 13.3. The first-order valence-electron chi connectivity index (χ1n) is 12.0. The fourth-order valence-corrected chi connectivity index (χ4v) is 5.21. The van der Waals surface area contributed by atoms with Gasteiger partial charge in [-0.25, -0.2) is 0 Å². The minimum atomic E-state index is 1.09. The Labute approximate surface area is 201 Å². The summed E-state index contributed by atoms with van der Waals surface area (Å²) >= 11 is 0. The molecule has 6 rings (SSSR count). The predicted molar refractivity (Wildman–Crippen MR) is 147 cm³/mol. The van der Waals surface area contributed by atoms with Gasteiger partial charge in [0, 0.05) is 22.1 Å². The Bertz CT molecular complexity index is 1500. The third-order valence-corrected chi connectivity index (χ3v) is 6.68. The Morgan fingerprint density at radius 1 is 0.588 bits per heavy atom. The molecule has 0 saturated carbocycles. The monoisotopic (exact) mass is 437 g/mol. The molecule has 34 heavy (non-hydrogen) atoms. The highest BCUT2D eigenvalue weighted by Gasteiger charge is 2.22. The first-order valence-corrected chi connectivity index (χ1v) is 12.0. The lowest BCUT2D eigenvalue weighted by Gasteiger charge is -2.30. The molecule has 0 amide bonds. The van der Waals surface area contributed by atoms with Gasteiger partial charge in [0.15, 0.2) is 0 Å². The first-order chi connectivity index (χ1) is 16.8. The molecular weight excluding hydrogens is 410 g/mol. The van der Waals surface area contributed by atoms with Crippen molar-refractivity contribution < 1.29 is 0 Å². The maximum absolute atomic E-state index is 2.42. The summed E-state index contributed by atoms with van der Waals surface area (Å²) in [6.45, 7) is 2.16. The number of allylic oxidation sites excluding steroid dienone is 4. The molecule has 0 heterocycles. The smallest absolute Gasteiger partial charge is 0.0618 e. The molecule has 1 aliphatic carbocycles. The van der Waals surface area contributed by atoms with E-state index in [0.717, 1.165) is 18.5 Å². The summed E-state index contributed by atoms with van der Waals surface area (Å²) in [7, 11) is 0. The molecule has 0 radical (unpaired) electrons. The van der Waals surface area contributed by atoms with Gasteiger partial charge in [-0.05, 0) is 71.5 Å². The first kappa shape index (κ1) is 20.5. The van der Waals surface area contributed by atoms with E-state index < -0.39 is 0 Å². The lowest BCUT2D eigenvalue weighted by molar-refractivity contribution is 1.04. The third kappa shape index (κ3) is 3.50. The lowest BCUT2D eigenvalue weighted by atomic mass is 9.88. The minimum Gasteiger partial charge on any atom is -0.309 e. The molecule has 0 aromatic heterocycles. The van der Waals surface area contributed by atoms with Crippen LogP contribution in [0.1, 0.15) is 24.0 Å². The van der Waals surface area contributed by atoms with Gasteiger partial charge in [-0.15, -0.1) is 0 Å². The van der Waals surface area contributed by atoms with Crippen molar-refractivity contribution in [3.8, 4) is 0 Å². The molecule has 5 aromatic rings. The van der Waals surface area contributed by atoms with Crippen LogP contribution in [-0.4, -0.2) is 0 Å². The Kier molecular flexibility index (Phi) is 5.24. The van der Waals surface area contributed by atoms with E-state index >= 15 is 0 Å². The lowest BCUT2D eigenvalue weighted by Crippen LogP contribution is -2.12. The van der Waals surface area contributed by atoms with E-state index in [4.69, 9.17) is 0 Å². The van der Waals surface area contributed by atoms with Crippen LogP contribution in [0.2, 0.25) is 0 Å². The maximum atomic E-state index is 2.42. The number of fused-ring (bicyclic) bond motifs is 2. The average molecular weight is 438 g/mol. The number of para-hydroxylation sites is 1. The second-order valence-corrected chi connectivity index (χ2v) is 8.96. The molecule has 1 heteroatoms. The van der Waals surface area contributed by atoms with Gasteiger partial charge in [0.2, 0.25) is 0 Å². The molecule has 1 aliphatic rings. The number of hydrogen-bond acceptors (Lipinski definition) is 1. The average Bonchev–Trinajstić information content (AvgIpc) is 2.90. The van der Waals surface area contributed by atoms with Crippen LogP contribution in [0, 0.1) is 6.92 Å². The number of aryl methyl sites for hydroxylation is 1. The predicted octanol–water partition coefficient (Wildman–Crippen LogP) is 9.50. The van der Waals surface area contributed by atoms with E-state index in [1.54, 1.807) is 0 Å². The molecule has 0 N–H and O–H groups in total. The van der Waals surface area contributed by atoms with E-state index in [-0.39, 0.29) is 0 Å². The van der Waals surface area contributed by atoms with Crippen molar-refractivity contribution in [1.29, 1.82) is 0 Å². The van der Waals surface area contributed by atoms with Crippen LogP contribution in [0.3, 0.4) is 0 Å². The number of benzene rings is 5. The van der Waals surface area contributed by atoms with E-state index in [0.29, 0.717) is 0 Å². The van der Waals surface area contributed by atoms with Crippen LogP contribution in [0.4, 0.5) is 17.1 Å². The highest BCUT2D eigenvalue weighted by Crippen LogP contribution is 2.47. The highest BCUT2D eigenvalue weighted by molar-refractivity contribution is 6.20. The molecule has 0 atom stereocenters. The van der Waals surface area contributed by atoms with Gasteiger partial charge < -0.3 is 4.90 Å². The van der Waals surface area contributed by atoms with Crippen LogP contribution in [0.15, 0.2) is 121 Å². The van der Waals surface area contributed by atoms with E-state index in [1.807, 2.05) is 0 Å². The van der Waals surface area contributed by atoms with E-state index in [2.05, 4.69) is 133 Å². The minimum absolute atomic E-state index is 1.09. The summed E-state index contributed by atoms with van der Waals surface area (Å²) in [4.78, 5) is 2.42. The fourth-order valence-electron chi connectivity index (χ4n) is 5.21. The van der Waals surface area contributed by atoms with Gasteiger partial charge in [-0.2, -0.15) is 0 Å². The number of nitrogens with zero attached hydrogens (tertiary/aromatic N) is 1. The van der Waals surface area contributed by atoms with Crippen LogP contribution < -0.4 is 4.90 Å². The summed E-state index contributed by atoms with van der Waals surface area (Å²) < 4.78 is 0. The molecular formula is C33H27N. The fraction of sp³-hybridized carbons (Fsp3) is 0.0909. The number of anilines is 3. The Morgan fingerprint density at radius 3 is 1.82 bits per heavy atom. The van der Waals surface area contributed by atoms with E-state index in [9.17, 15) is 0 Å². The van der Waals surface area contributed by atoms with Gasteiger partial charge in [0.1, 0.15) is 0 Å². The molecule has 0 unspecified atom stereocenters. The van der Waals surface area contributed by atoms with Crippen molar-refractivity contribution in [2.75, 3.05) is 4.90 Å². The molecule has 0 spiro atoms. The van der Waals surface area contributed by atoms with Crippen molar-refractivity contribution in [2.45, 2.75) is 19.8 Å². The van der Waals surface area contributed by atoms with Gasteiger partial charge in [0.25, 0.3) is 0 Å². The molecule has 0 bridgehead atoms. The summed E-state index contributed by atoms with van der Waals surface area (Å²) in [5, 5.41) is 5.12. The van der Waals surface area contributed by atoms with Gasteiger partial charge in [-0.3, -0.25) is 0 Å². The highest BCUT2D eigenvalue weighted by atomic mass is 15.1. The molecule has 164 valence electrons. The van der Waals surface area contributed by atoms with Crippen molar-refractivity contribution in [3.63, 3.8) is 0 Å². The quantitative estimate of drug-likeness (QED) is 0.253. The molecule has 0 saturated heterocycles. The summed E-state index contributed by atoms with van der Waals surface area (Å²) in [5.41, 5.74) is 7.47. The molecule has 0 aliphatic heterocycles. The van der Waals surface area contributed by atoms with Gasteiger partial charge in [0.05, 0.1) is 5.69 Å². The zero-order valence-electron chi connectivity index (χ0n) is 19.4. The van der Waals surface area contributed by atoms with Crippen LogP contribution in [-0.2, 0) is 0 Å². The standard InChI is InChI=1S/C33H27N/c1-24-13-12-18-27(23-24)34(26-16-6-3-7-17-26)33-30-21-10-8-19-28(30)32(25-14-4-2-5-15-25)29-20-9-11-22-31(29)33/h3-4,6-23H,2,5H2,1H3. The zero-order valence-corrected chi connectivity index (χ0v) is 19.4. The number of hydrogen-bond donors (Lipinski definition) is 0. The van der Waals surface area contributed by atoms with Crippen molar-refractivity contribution in [3.05, 3.63) is 132 Å². The second-order valence-electron chi connectivity index (χ2n) is 8.96. The Morgan fingerprint density at radius 2 is 1.21 bits per heavy atom. The summed E-state index contributed by atoms with van der Waals surface area (Å²) in [6.07, 6.45) is 9.20. The number of rotatable bonds is 4. The Hall–Kier alpha value is -4.10. The topological polar surface area (TPSA) is 3.24 Å². The molecule has 0 fully saturated rings. The second kappa shape index (κ2) is 8.68. The van der Waals surface area contributed by atoms with Crippen molar-refractivity contribution in [1.82, 2.24) is 0 Å². The van der Waals surface area contributed by atoms with Crippen molar-refractivity contribution >= 4 is 44.2 Å². The molecule has 5 aromatic carbocycles. The third-order valence-electron chi connectivity index (χ3n) is 6.68. The largest absolute Gasteiger partial charge is 0.309 e. The van der Waals surface area contributed by atoms with Crippen LogP contribution in [0.5, 0.6) is 0 Å². The summed E-state index contributed by atoms with van der Waals surface area (Å²) in [6, 6.07) is 37.3. The van der Waals surface area contributed by atoms with Gasteiger partial charge >= 0.3 is 0 Å². The van der Waals surface area contributed by atoms with E-state index in [1.165, 1.54) is 49.6 Å². The molecule has 1 nitrogen and oxygen atoms in total. The van der Waals surface area contributed by atoms with Crippen molar-refractivity contribution in [2.24, 2.45) is 0 Å². The van der Waals surface area contributed by atoms with Crippen LogP contribution in [0.25, 0.3) is 27.1 Å².